The van der Waals surface area contributed by atoms with Gasteiger partial charge in [0.1, 0.15) is 0 Å². The molecule has 0 aliphatic rings. The molecule has 0 unspecified atom stereocenters. The third-order valence-electron chi connectivity index (χ3n) is 2.37. The van der Waals surface area contributed by atoms with Crippen LogP contribution in [0, 0.1) is 0 Å². The molecule has 1 N–H and O–H groups in total. The Morgan fingerprint density at radius 1 is 1.50 bits per heavy atom. The van der Waals surface area contributed by atoms with E-state index < -0.39 is 0 Å². The van der Waals surface area contributed by atoms with Crippen LogP contribution in [0.1, 0.15) is 23.0 Å². The molecule has 0 fully saturated rings. The molecule has 0 radical (unpaired) electrons. The standard InChI is InChI=1S/C11H16BrNO2S/c1-2-13(7-8-14)6-5-9(15)10-3-4-11(12)16-10/h3-4,14H,2,5-8H2,1H3. The minimum atomic E-state index is 0.145. The second kappa shape index (κ2) is 7.17. The van der Waals surface area contributed by atoms with Gasteiger partial charge in [0.05, 0.1) is 15.3 Å². The van der Waals surface area contributed by atoms with Crippen molar-refractivity contribution < 1.29 is 9.90 Å². The van der Waals surface area contributed by atoms with Crippen LogP contribution in [0.4, 0.5) is 0 Å². The first-order valence-corrected chi connectivity index (χ1v) is 6.90. The number of thiophene rings is 1. The zero-order chi connectivity index (χ0) is 12.0. The molecular weight excluding hydrogens is 290 g/mol. The van der Waals surface area contributed by atoms with Crippen molar-refractivity contribution in [1.29, 1.82) is 0 Å². The summed E-state index contributed by atoms with van der Waals surface area (Å²) in [6, 6.07) is 3.74. The zero-order valence-electron chi connectivity index (χ0n) is 9.28. The SMILES string of the molecule is CCN(CCO)CCC(=O)c1ccc(Br)s1. The van der Waals surface area contributed by atoms with Crippen LogP contribution in [0.25, 0.3) is 0 Å². The maximum absolute atomic E-state index is 11.8. The molecule has 1 aromatic rings. The van der Waals surface area contributed by atoms with Crippen LogP contribution < -0.4 is 0 Å². The first-order valence-electron chi connectivity index (χ1n) is 5.29. The summed E-state index contributed by atoms with van der Waals surface area (Å²) in [5.41, 5.74) is 0. The minimum Gasteiger partial charge on any atom is -0.395 e. The smallest absolute Gasteiger partial charge is 0.174 e. The van der Waals surface area contributed by atoms with Gasteiger partial charge in [0.15, 0.2) is 5.78 Å². The van der Waals surface area contributed by atoms with Gasteiger partial charge in [-0.2, -0.15) is 0 Å². The van der Waals surface area contributed by atoms with E-state index in [0.29, 0.717) is 19.5 Å². The van der Waals surface area contributed by atoms with Gasteiger partial charge in [-0.3, -0.25) is 4.79 Å². The van der Waals surface area contributed by atoms with E-state index in [4.69, 9.17) is 5.11 Å². The van der Waals surface area contributed by atoms with E-state index in [1.807, 2.05) is 19.1 Å². The van der Waals surface area contributed by atoms with Gasteiger partial charge in [0.2, 0.25) is 0 Å². The Balaban J connectivity index is 2.40. The molecule has 0 atom stereocenters. The summed E-state index contributed by atoms with van der Waals surface area (Å²) < 4.78 is 0.985. The fraction of sp³-hybridized carbons (Fsp3) is 0.545. The van der Waals surface area contributed by atoms with Crippen molar-refractivity contribution in [2.24, 2.45) is 0 Å². The number of nitrogens with zero attached hydrogens (tertiary/aromatic N) is 1. The van der Waals surface area contributed by atoms with E-state index in [1.54, 1.807) is 0 Å². The van der Waals surface area contributed by atoms with E-state index >= 15 is 0 Å². The fourth-order valence-corrected chi connectivity index (χ4v) is 2.77. The van der Waals surface area contributed by atoms with Gasteiger partial charge in [-0.05, 0) is 34.6 Å². The topological polar surface area (TPSA) is 40.5 Å². The molecule has 0 aliphatic carbocycles. The van der Waals surface area contributed by atoms with Crippen molar-refractivity contribution in [3.8, 4) is 0 Å². The number of hydrogen-bond donors (Lipinski definition) is 1. The number of carbonyl (C=O) groups excluding carboxylic acids is 1. The number of ketones is 1. The van der Waals surface area contributed by atoms with Crippen LogP contribution >= 0.6 is 27.3 Å². The Morgan fingerprint density at radius 3 is 2.75 bits per heavy atom. The lowest BCUT2D eigenvalue weighted by Gasteiger charge is -2.17. The number of aliphatic hydroxyl groups excluding tert-OH is 1. The Morgan fingerprint density at radius 2 is 2.25 bits per heavy atom. The summed E-state index contributed by atoms with van der Waals surface area (Å²) in [7, 11) is 0. The minimum absolute atomic E-state index is 0.145. The van der Waals surface area contributed by atoms with Gasteiger partial charge in [0, 0.05) is 19.5 Å². The van der Waals surface area contributed by atoms with Crippen LogP contribution in [0.15, 0.2) is 15.9 Å². The lowest BCUT2D eigenvalue weighted by atomic mass is 10.2. The molecule has 0 bridgehead atoms. The fourth-order valence-electron chi connectivity index (χ4n) is 1.42. The van der Waals surface area contributed by atoms with Gasteiger partial charge in [-0.25, -0.2) is 0 Å². The average Bonchev–Trinajstić information content (AvgIpc) is 2.70. The Bertz CT molecular complexity index is 340. The van der Waals surface area contributed by atoms with Gasteiger partial charge >= 0.3 is 0 Å². The molecule has 3 nitrogen and oxygen atoms in total. The normalized spacial score (nSPS) is 11.0. The summed E-state index contributed by atoms with van der Waals surface area (Å²) in [6.45, 7) is 4.39. The number of likely N-dealkylation sites (N-methyl/N-ethyl adjacent to an activating group) is 1. The van der Waals surface area contributed by atoms with Gasteiger partial charge in [-0.1, -0.05) is 6.92 Å². The number of carbonyl (C=O) groups is 1. The maximum atomic E-state index is 11.8. The number of aliphatic hydroxyl groups is 1. The van der Waals surface area contributed by atoms with Crippen LogP contribution in [-0.4, -0.2) is 42.0 Å². The summed E-state index contributed by atoms with van der Waals surface area (Å²) in [5, 5.41) is 8.82. The molecule has 0 saturated carbocycles. The highest BCUT2D eigenvalue weighted by atomic mass is 79.9. The lowest BCUT2D eigenvalue weighted by molar-refractivity contribution is 0.0963. The third-order valence-corrected chi connectivity index (χ3v) is 4.03. The molecule has 90 valence electrons. The average molecular weight is 306 g/mol. The van der Waals surface area contributed by atoms with E-state index in [2.05, 4.69) is 20.8 Å². The van der Waals surface area contributed by atoms with Gasteiger partial charge in [0.25, 0.3) is 0 Å². The van der Waals surface area contributed by atoms with Crippen molar-refractivity contribution in [3.05, 3.63) is 20.8 Å². The predicted octanol–water partition coefficient (Wildman–Crippen LogP) is 2.40. The molecule has 0 aliphatic heterocycles. The number of rotatable bonds is 7. The first kappa shape index (κ1) is 13.8. The molecule has 0 aromatic carbocycles. The predicted molar refractivity (Wildman–Crippen MR) is 70.2 cm³/mol. The molecule has 1 heterocycles. The summed E-state index contributed by atoms with van der Waals surface area (Å²) in [4.78, 5) is 14.7. The quantitative estimate of drug-likeness (QED) is 0.786. The zero-order valence-corrected chi connectivity index (χ0v) is 11.7. The third kappa shape index (κ3) is 4.33. The Hall–Kier alpha value is -0.230. The molecule has 0 saturated heterocycles. The molecule has 5 heteroatoms. The lowest BCUT2D eigenvalue weighted by Crippen LogP contribution is -2.28. The number of Topliss-reactive ketones (excluding diaryl/α,β-unsaturated/α-hetero) is 1. The molecule has 0 amide bonds. The van der Waals surface area contributed by atoms with E-state index in [1.165, 1.54) is 11.3 Å². The van der Waals surface area contributed by atoms with Crippen molar-refractivity contribution in [1.82, 2.24) is 4.90 Å². The Labute approximate surface area is 108 Å². The number of hydrogen-bond acceptors (Lipinski definition) is 4. The number of halogens is 1. The second-order valence-corrected chi connectivity index (χ2v) is 5.90. The monoisotopic (exact) mass is 305 g/mol. The van der Waals surface area contributed by atoms with Crippen molar-refractivity contribution >= 4 is 33.0 Å². The second-order valence-electron chi connectivity index (χ2n) is 3.43. The Kier molecular flexibility index (Phi) is 6.20. The maximum Gasteiger partial charge on any atom is 0.174 e. The molecular formula is C11H16BrNO2S. The van der Waals surface area contributed by atoms with E-state index in [9.17, 15) is 4.79 Å². The van der Waals surface area contributed by atoms with Crippen LogP contribution in [-0.2, 0) is 0 Å². The highest BCUT2D eigenvalue weighted by Gasteiger charge is 2.10. The van der Waals surface area contributed by atoms with Crippen molar-refractivity contribution in [2.75, 3.05) is 26.2 Å². The largest absolute Gasteiger partial charge is 0.395 e. The van der Waals surface area contributed by atoms with Crippen molar-refractivity contribution in [2.45, 2.75) is 13.3 Å². The summed E-state index contributed by atoms with van der Waals surface area (Å²) in [5.74, 6) is 0.173. The van der Waals surface area contributed by atoms with Gasteiger partial charge in [-0.15, -0.1) is 11.3 Å². The van der Waals surface area contributed by atoms with Crippen LogP contribution in [0.2, 0.25) is 0 Å². The van der Waals surface area contributed by atoms with Gasteiger partial charge < -0.3 is 10.0 Å². The molecule has 1 aromatic heterocycles. The van der Waals surface area contributed by atoms with E-state index in [-0.39, 0.29) is 12.4 Å². The molecule has 1 rings (SSSR count). The summed E-state index contributed by atoms with van der Waals surface area (Å²) >= 11 is 4.81. The first-order chi connectivity index (χ1) is 7.67. The van der Waals surface area contributed by atoms with Crippen LogP contribution in [0.5, 0.6) is 0 Å². The van der Waals surface area contributed by atoms with E-state index in [0.717, 1.165) is 15.2 Å². The van der Waals surface area contributed by atoms with Crippen molar-refractivity contribution in [3.63, 3.8) is 0 Å². The highest BCUT2D eigenvalue weighted by Crippen LogP contribution is 2.23. The van der Waals surface area contributed by atoms with Crippen LogP contribution in [0.3, 0.4) is 0 Å². The summed E-state index contributed by atoms with van der Waals surface area (Å²) in [6.07, 6.45) is 0.515. The molecule has 16 heavy (non-hydrogen) atoms. The highest BCUT2D eigenvalue weighted by molar-refractivity contribution is 9.11. The molecule has 0 spiro atoms.